The van der Waals surface area contributed by atoms with Gasteiger partial charge in [0, 0.05) is 42.4 Å². The molecule has 0 amide bonds. The second-order valence-electron chi connectivity index (χ2n) is 7.19. The van der Waals surface area contributed by atoms with Crippen LogP contribution in [0.1, 0.15) is 48.9 Å². The van der Waals surface area contributed by atoms with E-state index in [0.29, 0.717) is 24.5 Å². The first-order valence-corrected chi connectivity index (χ1v) is 8.77. The Hall–Kier alpha value is -2.23. The first-order valence-electron chi connectivity index (χ1n) is 8.77. The number of aromatic nitrogens is 2. The highest BCUT2D eigenvalue weighted by Crippen LogP contribution is 2.50. The number of rotatable bonds is 2. The topological polar surface area (TPSA) is 63.1 Å². The van der Waals surface area contributed by atoms with Crippen LogP contribution in [0.15, 0.2) is 36.7 Å². The lowest BCUT2D eigenvalue weighted by Gasteiger charge is -2.44. The van der Waals surface area contributed by atoms with Gasteiger partial charge in [-0.2, -0.15) is 0 Å². The Balaban J connectivity index is 1.84. The van der Waals surface area contributed by atoms with E-state index in [2.05, 4.69) is 16.0 Å². The van der Waals surface area contributed by atoms with E-state index in [4.69, 9.17) is 0 Å². The Kier molecular flexibility index (Phi) is 3.83. The van der Waals surface area contributed by atoms with E-state index in [1.807, 2.05) is 30.6 Å². The van der Waals surface area contributed by atoms with E-state index >= 15 is 0 Å². The van der Waals surface area contributed by atoms with Crippen LogP contribution in [-0.4, -0.2) is 20.9 Å². The van der Waals surface area contributed by atoms with Gasteiger partial charge in [-0.3, -0.25) is 9.78 Å². The lowest BCUT2D eigenvalue weighted by Crippen LogP contribution is -2.42. The number of aryl methyl sites for hydroxylation is 1. The lowest BCUT2D eigenvalue weighted by atomic mass is 9.59. The molecule has 2 atom stereocenters. The van der Waals surface area contributed by atoms with Crippen molar-refractivity contribution in [1.82, 2.24) is 9.97 Å². The maximum Gasteiger partial charge on any atom is 0.210 e. The molecule has 4 heteroatoms. The first kappa shape index (κ1) is 15.3. The molecule has 124 valence electrons. The van der Waals surface area contributed by atoms with Crippen LogP contribution in [0.2, 0.25) is 0 Å². The predicted molar refractivity (Wildman–Crippen MR) is 90.8 cm³/mol. The molecule has 0 bridgehead atoms. The van der Waals surface area contributed by atoms with Gasteiger partial charge in [0.15, 0.2) is 0 Å². The number of carbonyl (C=O) groups excluding carboxylic acids is 1. The molecule has 0 aromatic carbocycles. The highest BCUT2D eigenvalue weighted by molar-refractivity contribution is 5.80. The lowest BCUT2D eigenvalue weighted by molar-refractivity contribution is -0.123. The Labute approximate surface area is 142 Å². The summed E-state index contributed by atoms with van der Waals surface area (Å²) in [5.74, 6) is 0.812. The van der Waals surface area contributed by atoms with E-state index in [-0.39, 0.29) is 11.3 Å². The van der Waals surface area contributed by atoms with Crippen LogP contribution in [0.5, 0.6) is 5.88 Å². The molecule has 0 spiro atoms. The summed E-state index contributed by atoms with van der Waals surface area (Å²) < 4.78 is 0. The molecule has 2 aromatic rings. The maximum atomic E-state index is 12.1. The van der Waals surface area contributed by atoms with Crippen molar-refractivity contribution in [2.75, 3.05) is 0 Å². The highest BCUT2D eigenvalue weighted by Gasteiger charge is 2.46. The van der Waals surface area contributed by atoms with Crippen molar-refractivity contribution in [1.29, 1.82) is 0 Å². The van der Waals surface area contributed by atoms with Gasteiger partial charge >= 0.3 is 0 Å². The molecular formula is C20H22N2O2. The third-order valence-electron chi connectivity index (χ3n) is 5.84. The van der Waals surface area contributed by atoms with Crippen molar-refractivity contribution >= 4 is 5.78 Å². The summed E-state index contributed by atoms with van der Waals surface area (Å²) in [4.78, 5) is 20.8. The van der Waals surface area contributed by atoms with Crippen molar-refractivity contribution in [3.8, 4) is 5.88 Å². The molecule has 1 fully saturated rings. The van der Waals surface area contributed by atoms with E-state index in [1.165, 1.54) is 11.1 Å². The standard InChI is InChI=1S/C20H22N2O2/c23-17-7-8-20(12-16-6-1-2-9-21-16)15(11-17)5-3-4-14-10-19(24)22-13-18(14)20/h1-2,6,9-10,13,15H,3-5,7-8,11-12H2,(H,22,24)/t15-,20-/m0/s1. The van der Waals surface area contributed by atoms with Gasteiger partial charge in [0.25, 0.3) is 0 Å². The number of hydrogen-bond acceptors (Lipinski definition) is 4. The fourth-order valence-electron chi connectivity index (χ4n) is 4.70. The van der Waals surface area contributed by atoms with E-state index in [9.17, 15) is 9.90 Å². The molecule has 0 radical (unpaired) electrons. The Morgan fingerprint density at radius 2 is 2.17 bits per heavy atom. The summed E-state index contributed by atoms with van der Waals surface area (Å²) in [5.41, 5.74) is 3.39. The Bertz CT molecular complexity index is 759. The zero-order valence-electron chi connectivity index (χ0n) is 13.7. The van der Waals surface area contributed by atoms with Gasteiger partial charge < -0.3 is 5.11 Å². The van der Waals surface area contributed by atoms with Gasteiger partial charge in [-0.05, 0) is 61.3 Å². The van der Waals surface area contributed by atoms with Gasteiger partial charge in [0.1, 0.15) is 5.78 Å². The second kappa shape index (κ2) is 6.00. The minimum absolute atomic E-state index is 0.0885. The number of Topliss-reactive ketones (excluding diaryl/α,β-unsaturated/α-hetero) is 1. The van der Waals surface area contributed by atoms with Gasteiger partial charge in [0.05, 0.1) is 0 Å². The molecule has 0 saturated heterocycles. The summed E-state index contributed by atoms with van der Waals surface area (Å²) in [7, 11) is 0. The molecule has 24 heavy (non-hydrogen) atoms. The highest BCUT2D eigenvalue weighted by atomic mass is 16.3. The fraction of sp³-hybridized carbons (Fsp3) is 0.450. The molecule has 1 N–H and O–H groups in total. The largest absolute Gasteiger partial charge is 0.493 e. The van der Waals surface area contributed by atoms with Gasteiger partial charge in [-0.15, -0.1) is 0 Å². The van der Waals surface area contributed by atoms with Crippen LogP contribution >= 0.6 is 0 Å². The predicted octanol–water partition coefficient (Wildman–Crippen LogP) is 3.37. The molecule has 0 unspecified atom stereocenters. The van der Waals surface area contributed by atoms with Gasteiger partial charge in [0.2, 0.25) is 5.88 Å². The number of nitrogens with zero attached hydrogens (tertiary/aromatic N) is 2. The molecule has 2 aliphatic carbocycles. The number of pyridine rings is 2. The average Bonchev–Trinajstić information content (AvgIpc) is 2.72. The van der Waals surface area contributed by atoms with E-state index in [1.54, 1.807) is 0 Å². The van der Waals surface area contributed by atoms with Crippen LogP contribution in [0.4, 0.5) is 0 Å². The van der Waals surface area contributed by atoms with Crippen LogP contribution < -0.4 is 0 Å². The quantitative estimate of drug-likeness (QED) is 0.921. The van der Waals surface area contributed by atoms with E-state index < -0.39 is 0 Å². The smallest absolute Gasteiger partial charge is 0.210 e. The first-order chi connectivity index (χ1) is 11.7. The van der Waals surface area contributed by atoms with Crippen LogP contribution in [0.25, 0.3) is 0 Å². The number of fused-ring (bicyclic) bond motifs is 3. The normalized spacial score (nSPS) is 26.3. The van der Waals surface area contributed by atoms with Crippen LogP contribution in [0.3, 0.4) is 0 Å². The third-order valence-corrected chi connectivity index (χ3v) is 5.84. The summed E-state index contributed by atoms with van der Waals surface area (Å²) in [6, 6.07) is 7.84. The minimum Gasteiger partial charge on any atom is -0.493 e. The molecular weight excluding hydrogens is 300 g/mol. The van der Waals surface area contributed by atoms with Gasteiger partial charge in [-0.1, -0.05) is 6.07 Å². The number of hydrogen-bond donors (Lipinski definition) is 1. The molecule has 2 heterocycles. The number of ketones is 1. The van der Waals surface area contributed by atoms with Crippen molar-refractivity contribution in [2.24, 2.45) is 5.92 Å². The SMILES string of the molecule is O=C1CC[C@@]2(Cc3ccccn3)c3cnc(O)cc3CCC[C@H]2C1. The number of aromatic hydroxyl groups is 1. The molecule has 2 aliphatic rings. The van der Waals surface area contributed by atoms with E-state index in [0.717, 1.165) is 37.8 Å². The van der Waals surface area contributed by atoms with Gasteiger partial charge in [-0.25, -0.2) is 4.98 Å². The Morgan fingerprint density at radius 3 is 3.00 bits per heavy atom. The van der Waals surface area contributed by atoms with Crippen molar-refractivity contribution in [3.63, 3.8) is 0 Å². The molecule has 4 rings (SSSR count). The average molecular weight is 322 g/mol. The van der Waals surface area contributed by atoms with Crippen LogP contribution in [0, 0.1) is 5.92 Å². The third kappa shape index (κ3) is 2.60. The maximum absolute atomic E-state index is 12.1. The fourth-order valence-corrected chi connectivity index (χ4v) is 4.70. The molecule has 0 aliphatic heterocycles. The molecule has 1 saturated carbocycles. The molecule has 4 nitrogen and oxygen atoms in total. The van der Waals surface area contributed by atoms with Crippen molar-refractivity contribution < 1.29 is 9.90 Å². The summed E-state index contributed by atoms with van der Waals surface area (Å²) in [6.07, 6.45) is 9.71. The minimum atomic E-state index is -0.0885. The number of carbonyl (C=O) groups is 1. The van der Waals surface area contributed by atoms with Crippen molar-refractivity contribution in [3.05, 3.63) is 53.5 Å². The second-order valence-corrected chi connectivity index (χ2v) is 7.19. The zero-order valence-corrected chi connectivity index (χ0v) is 13.7. The summed E-state index contributed by atoms with van der Waals surface area (Å²) in [6.45, 7) is 0. The Morgan fingerprint density at radius 1 is 1.25 bits per heavy atom. The summed E-state index contributed by atoms with van der Waals surface area (Å²) >= 11 is 0. The molecule has 2 aromatic heterocycles. The van der Waals surface area contributed by atoms with Crippen molar-refractivity contribution in [2.45, 2.75) is 50.4 Å². The summed E-state index contributed by atoms with van der Waals surface area (Å²) in [5, 5.41) is 9.81. The monoisotopic (exact) mass is 322 g/mol. The van der Waals surface area contributed by atoms with Crippen LogP contribution in [-0.2, 0) is 23.1 Å². The zero-order chi connectivity index (χ0) is 16.6.